The first-order valence-electron chi connectivity index (χ1n) is 8.78. The summed E-state index contributed by atoms with van der Waals surface area (Å²) >= 11 is 0. The number of esters is 1. The zero-order valence-electron chi connectivity index (χ0n) is 16.6. The maximum Gasteiger partial charge on any atom is 0.387 e. The number of ether oxygens (including phenoxy) is 3. The lowest BCUT2D eigenvalue weighted by Gasteiger charge is -2.18. The summed E-state index contributed by atoms with van der Waals surface area (Å²) in [5, 5.41) is 0. The molecule has 0 fully saturated rings. The lowest BCUT2D eigenvalue weighted by molar-refractivity contribution is -0.0512. The fourth-order valence-electron chi connectivity index (χ4n) is 2.65. The Bertz CT molecular complexity index is 889. The van der Waals surface area contributed by atoms with Crippen molar-refractivity contribution in [1.29, 1.82) is 0 Å². The van der Waals surface area contributed by atoms with Crippen LogP contribution in [0.15, 0.2) is 30.3 Å². The van der Waals surface area contributed by atoms with Crippen LogP contribution in [0.4, 0.5) is 8.78 Å². The number of halogens is 2. The number of benzene rings is 1. The van der Waals surface area contributed by atoms with Crippen LogP contribution in [0.2, 0.25) is 0 Å². The van der Waals surface area contributed by atoms with E-state index in [9.17, 15) is 18.4 Å². The number of aryl methyl sites for hydroxylation is 1. The molecule has 0 aliphatic rings. The molecule has 2 rings (SSSR count). The van der Waals surface area contributed by atoms with Gasteiger partial charge in [-0.05, 0) is 43.7 Å². The topological polar surface area (TPSA) is 78.0 Å². The zero-order chi connectivity index (χ0) is 21.6. The van der Waals surface area contributed by atoms with E-state index in [4.69, 9.17) is 9.47 Å². The molecule has 0 saturated heterocycles. The zero-order valence-corrected chi connectivity index (χ0v) is 16.6. The van der Waals surface area contributed by atoms with Gasteiger partial charge in [-0.2, -0.15) is 8.78 Å². The smallest absolute Gasteiger partial charge is 0.387 e. The van der Waals surface area contributed by atoms with Crippen molar-refractivity contribution in [2.45, 2.75) is 27.0 Å². The third kappa shape index (κ3) is 5.63. The van der Waals surface area contributed by atoms with Crippen LogP contribution in [0.5, 0.6) is 11.5 Å². The second-order valence-corrected chi connectivity index (χ2v) is 6.07. The number of nitrogens with zero attached hydrogens (tertiary/aromatic N) is 2. The van der Waals surface area contributed by atoms with Gasteiger partial charge in [0.25, 0.3) is 5.91 Å². The van der Waals surface area contributed by atoms with Crippen LogP contribution in [-0.2, 0) is 11.3 Å². The molecule has 0 radical (unpaired) electrons. The second-order valence-electron chi connectivity index (χ2n) is 6.07. The number of hydrogen-bond acceptors (Lipinski definition) is 6. The minimum absolute atomic E-state index is 0.0907. The van der Waals surface area contributed by atoms with Crippen molar-refractivity contribution in [2.24, 2.45) is 0 Å². The highest BCUT2D eigenvalue weighted by atomic mass is 19.3. The van der Waals surface area contributed by atoms with Crippen LogP contribution in [0.3, 0.4) is 0 Å². The minimum Gasteiger partial charge on any atom is -0.493 e. The van der Waals surface area contributed by atoms with Gasteiger partial charge in [0.05, 0.1) is 25.0 Å². The first-order chi connectivity index (χ1) is 13.8. The SMILES string of the molecule is CCOC(=O)c1ccc(C(=O)N(C)Cc2ccc(OC(F)F)c(OC)c2)nc1C. The van der Waals surface area contributed by atoms with Crippen LogP contribution < -0.4 is 9.47 Å². The van der Waals surface area contributed by atoms with Gasteiger partial charge in [0.1, 0.15) is 5.69 Å². The average molecular weight is 408 g/mol. The van der Waals surface area contributed by atoms with Gasteiger partial charge in [0.2, 0.25) is 0 Å². The first-order valence-corrected chi connectivity index (χ1v) is 8.78. The standard InChI is InChI=1S/C20H22F2N2O5/c1-5-28-19(26)14-7-8-15(23-12(14)2)18(25)24(3)11-13-6-9-16(29-20(21)22)17(10-13)27-4/h6-10,20H,5,11H2,1-4H3. The molecular formula is C20H22F2N2O5. The number of amides is 1. The summed E-state index contributed by atoms with van der Waals surface area (Å²) in [4.78, 5) is 30.1. The van der Waals surface area contributed by atoms with Crippen molar-refractivity contribution in [3.63, 3.8) is 0 Å². The Kier molecular flexibility index (Phi) is 7.46. The predicted octanol–water partition coefficient (Wildman–Crippen LogP) is 3.45. The summed E-state index contributed by atoms with van der Waals surface area (Å²) in [5.41, 5.74) is 1.50. The minimum atomic E-state index is -2.97. The molecule has 0 aliphatic heterocycles. The maximum absolute atomic E-state index is 12.7. The van der Waals surface area contributed by atoms with Gasteiger partial charge in [0.15, 0.2) is 11.5 Å². The number of alkyl halides is 2. The molecule has 1 heterocycles. The molecule has 0 spiro atoms. The Hall–Kier alpha value is -3.23. The summed E-state index contributed by atoms with van der Waals surface area (Å²) in [5.74, 6) is -0.818. The van der Waals surface area contributed by atoms with E-state index in [-0.39, 0.29) is 36.3 Å². The first kappa shape index (κ1) is 22.1. The molecule has 1 amide bonds. The van der Waals surface area contributed by atoms with Crippen molar-refractivity contribution in [2.75, 3.05) is 20.8 Å². The van der Waals surface area contributed by atoms with Gasteiger partial charge >= 0.3 is 12.6 Å². The third-order valence-electron chi connectivity index (χ3n) is 4.01. The Morgan fingerprint density at radius 3 is 2.48 bits per heavy atom. The van der Waals surface area contributed by atoms with Crippen LogP contribution in [-0.4, -0.2) is 49.1 Å². The average Bonchev–Trinajstić information content (AvgIpc) is 2.68. The van der Waals surface area contributed by atoms with E-state index < -0.39 is 12.6 Å². The Balaban J connectivity index is 2.14. The van der Waals surface area contributed by atoms with E-state index in [0.717, 1.165) is 0 Å². The molecular weight excluding hydrogens is 386 g/mol. The lowest BCUT2D eigenvalue weighted by Crippen LogP contribution is -2.27. The van der Waals surface area contributed by atoms with Crippen LogP contribution >= 0.6 is 0 Å². The summed E-state index contributed by atoms with van der Waals surface area (Å²) in [6.45, 7) is 0.784. The van der Waals surface area contributed by atoms with Gasteiger partial charge in [-0.3, -0.25) is 4.79 Å². The largest absolute Gasteiger partial charge is 0.493 e. The van der Waals surface area contributed by atoms with Gasteiger partial charge in [-0.25, -0.2) is 9.78 Å². The lowest BCUT2D eigenvalue weighted by atomic mass is 10.1. The molecule has 9 heteroatoms. The van der Waals surface area contributed by atoms with Crippen molar-refractivity contribution < 1.29 is 32.6 Å². The van der Waals surface area contributed by atoms with Gasteiger partial charge in [0, 0.05) is 13.6 Å². The molecule has 0 unspecified atom stereocenters. The Labute approximate surface area is 167 Å². The number of aromatic nitrogens is 1. The molecule has 0 atom stereocenters. The van der Waals surface area contributed by atoms with E-state index in [1.54, 1.807) is 27.0 Å². The molecule has 29 heavy (non-hydrogen) atoms. The van der Waals surface area contributed by atoms with E-state index in [1.807, 2.05) is 0 Å². The molecule has 1 aromatic carbocycles. The molecule has 0 bridgehead atoms. The van der Waals surface area contributed by atoms with Crippen LogP contribution in [0.1, 0.15) is 39.0 Å². The fourth-order valence-corrected chi connectivity index (χ4v) is 2.65. The molecule has 2 aromatic rings. The monoisotopic (exact) mass is 408 g/mol. The highest BCUT2D eigenvalue weighted by Crippen LogP contribution is 2.30. The van der Waals surface area contributed by atoms with Crippen molar-refractivity contribution in [1.82, 2.24) is 9.88 Å². The normalized spacial score (nSPS) is 10.6. The predicted molar refractivity (Wildman–Crippen MR) is 100 cm³/mol. The highest BCUT2D eigenvalue weighted by molar-refractivity contribution is 5.94. The fraction of sp³-hybridized carbons (Fsp3) is 0.350. The number of carbonyl (C=O) groups is 2. The molecule has 156 valence electrons. The maximum atomic E-state index is 12.7. The van der Waals surface area contributed by atoms with Crippen LogP contribution in [0, 0.1) is 6.92 Å². The van der Waals surface area contributed by atoms with E-state index in [2.05, 4.69) is 9.72 Å². The number of methoxy groups -OCH3 is 1. The molecule has 0 aliphatic carbocycles. The number of carbonyl (C=O) groups excluding carboxylic acids is 2. The van der Waals surface area contributed by atoms with E-state index in [0.29, 0.717) is 16.8 Å². The van der Waals surface area contributed by atoms with Crippen molar-refractivity contribution in [3.8, 4) is 11.5 Å². The molecule has 1 aromatic heterocycles. The highest BCUT2D eigenvalue weighted by Gasteiger charge is 2.18. The van der Waals surface area contributed by atoms with Crippen molar-refractivity contribution >= 4 is 11.9 Å². The van der Waals surface area contributed by atoms with Gasteiger partial charge in [-0.1, -0.05) is 6.07 Å². The summed E-state index contributed by atoms with van der Waals surface area (Å²) in [7, 11) is 2.92. The van der Waals surface area contributed by atoms with Gasteiger partial charge < -0.3 is 19.1 Å². The van der Waals surface area contributed by atoms with Gasteiger partial charge in [-0.15, -0.1) is 0 Å². The number of pyridine rings is 1. The summed E-state index contributed by atoms with van der Waals surface area (Å²) in [6.07, 6.45) is 0. The Morgan fingerprint density at radius 2 is 1.90 bits per heavy atom. The summed E-state index contributed by atoms with van der Waals surface area (Å²) in [6, 6.07) is 7.39. The number of rotatable bonds is 8. The molecule has 0 saturated carbocycles. The number of hydrogen-bond donors (Lipinski definition) is 0. The third-order valence-corrected chi connectivity index (χ3v) is 4.01. The summed E-state index contributed by atoms with van der Waals surface area (Å²) < 4.78 is 39.3. The molecule has 7 nitrogen and oxygen atoms in total. The van der Waals surface area contributed by atoms with E-state index in [1.165, 1.54) is 36.3 Å². The molecule has 0 N–H and O–H groups in total. The van der Waals surface area contributed by atoms with Crippen molar-refractivity contribution in [3.05, 3.63) is 52.8 Å². The van der Waals surface area contributed by atoms with Crippen LogP contribution in [0.25, 0.3) is 0 Å². The Morgan fingerprint density at radius 1 is 1.17 bits per heavy atom. The van der Waals surface area contributed by atoms with E-state index >= 15 is 0 Å². The quantitative estimate of drug-likeness (QED) is 0.623. The second kappa shape index (κ2) is 9.81.